The molecule has 1 aliphatic rings. The Morgan fingerprint density at radius 3 is 2.21 bits per heavy atom. The number of rotatable bonds is 4. The molecule has 2 rings (SSSR count). The van der Waals surface area contributed by atoms with Crippen molar-refractivity contribution >= 4 is 16.1 Å². The molecule has 24 heavy (non-hydrogen) atoms. The van der Waals surface area contributed by atoms with Gasteiger partial charge in [-0.15, -0.1) is 4.83 Å². The van der Waals surface area contributed by atoms with Crippen molar-refractivity contribution < 1.29 is 17.9 Å². The van der Waals surface area contributed by atoms with Crippen LogP contribution in [0.25, 0.3) is 0 Å². The fourth-order valence-electron chi connectivity index (χ4n) is 2.63. The number of nitrogens with zero attached hydrogens (tertiary/aromatic N) is 1. The maximum atomic E-state index is 12.6. The number of ether oxygens (including phenoxy) is 1. The summed E-state index contributed by atoms with van der Waals surface area (Å²) < 4.78 is 30.6. The number of hydrogen-bond donors (Lipinski definition) is 1. The zero-order valence-corrected chi connectivity index (χ0v) is 15.5. The van der Waals surface area contributed by atoms with Crippen LogP contribution < -0.4 is 4.83 Å². The molecule has 0 bridgehead atoms. The number of hydrazine groups is 1. The molecule has 0 spiro atoms. The van der Waals surface area contributed by atoms with Gasteiger partial charge >= 0.3 is 6.09 Å². The van der Waals surface area contributed by atoms with Crippen LogP contribution in [0.4, 0.5) is 4.79 Å². The van der Waals surface area contributed by atoms with Crippen molar-refractivity contribution in [3.63, 3.8) is 0 Å². The van der Waals surface area contributed by atoms with Crippen molar-refractivity contribution in [1.82, 2.24) is 9.84 Å². The Morgan fingerprint density at radius 2 is 1.71 bits per heavy atom. The maximum Gasteiger partial charge on any atom is 0.425 e. The van der Waals surface area contributed by atoms with Crippen LogP contribution in [0.5, 0.6) is 0 Å². The van der Waals surface area contributed by atoms with Crippen LogP contribution in [0.3, 0.4) is 0 Å². The summed E-state index contributed by atoms with van der Waals surface area (Å²) in [6.07, 6.45) is 2.79. The predicted octanol–water partition coefficient (Wildman–Crippen LogP) is 3.37. The third kappa shape index (κ3) is 4.95. The SMILES string of the molecule is Cc1ccc(S(=O)(=O)NN(C(=O)OC(C)(C)C)C2CCCC2)cc1. The van der Waals surface area contributed by atoms with Gasteiger partial charge in [-0.2, -0.15) is 0 Å². The average Bonchev–Trinajstić information content (AvgIpc) is 2.97. The summed E-state index contributed by atoms with van der Waals surface area (Å²) in [5, 5.41) is 1.15. The topological polar surface area (TPSA) is 75.7 Å². The number of hydrogen-bond acceptors (Lipinski definition) is 4. The highest BCUT2D eigenvalue weighted by molar-refractivity contribution is 7.89. The van der Waals surface area contributed by atoms with Crippen molar-refractivity contribution in [3.05, 3.63) is 29.8 Å². The zero-order valence-electron chi connectivity index (χ0n) is 14.7. The second kappa shape index (κ2) is 7.11. The van der Waals surface area contributed by atoms with Gasteiger partial charge in [-0.1, -0.05) is 30.5 Å². The summed E-state index contributed by atoms with van der Waals surface area (Å²) in [7, 11) is -3.84. The molecule has 1 aromatic carbocycles. The van der Waals surface area contributed by atoms with Crippen LogP contribution in [-0.2, 0) is 14.8 Å². The lowest BCUT2D eigenvalue weighted by Crippen LogP contribution is -2.52. The summed E-state index contributed by atoms with van der Waals surface area (Å²) >= 11 is 0. The van der Waals surface area contributed by atoms with Gasteiger partial charge in [-0.3, -0.25) is 0 Å². The van der Waals surface area contributed by atoms with E-state index in [0.717, 1.165) is 36.3 Å². The highest BCUT2D eigenvalue weighted by Crippen LogP contribution is 2.25. The Balaban J connectivity index is 2.23. The summed E-state index contributed by atoms with van der Waals surface area (Å²) in [6.45, 7) is 7.15. The quantitative estimate of drug-likeness (QED) is 0.841. The van der Waals surface area contributed by atoms with E-state index in [4.69, 9.17) is 4.74 Å². The average molecular weight is 354 g/mol. The number of amides is 1. The van der Waals surface area contributed by atoms with E-state index in [9.17, 15) is 13.2 Å². The summed E-state index contributed by atoms with van der Waals surface area (Å²) in [5.41, 5.74) is 0.275. The normalized spacial score (nSPS) is 16.2. The standard InChI is InChI=1S/C17H26N2O4S/c1-13-9-11-15(12-10-13)24(21,22)18-19(14-7-5-6-8-14)16(20)23-17(2,3)4/h9-12,14,18H,5-8H2,1-4H3. The molecule has 0 heterocycles. The first-order valence-corrected chi connectivity index (χ1v) is 9.68. The summed E-state index contributed by atoms with van der Waals surface area (Å²) in [6, 6.07) is 6.32. The van der Waals surface area contributed by atoms with Gasteiger partial charge in [0.15, 0.2) is 0 Å². The molecular formula is C17H26N2O4S. The Labute approximate surface area is 144 Å². The van der Waals surface area contributed by atoms with E-state index in [2.05, 4.69) is 4.83 Å². The van der Waals surface area contributed by atoms with E-state index in [0.29, 0.717) is 0 Å². The summed E-state index contributed by atoms with van der Waals surface area (Å²) in [4.78, 5) is 15.0. The molecule has 7 heteroatoms. The van der Waals surface area contributed by atoms with Crippen LogP contribution in [0, 0.1) is 6.92 Å². The highest BCUT2D eigenvalue weighted by atomic mass is 32.2. The second-order valence-electron chi connectivity index (χ2n) is 7.20. The molecule has 0 saturated heterocycles. The molecule has 6 nitrogen and oxygen atoms in total. The minimum absolute atomic E-state index is 0.125. The third-order valence-corrected chi connectivity index (χ3v) is 5.16. The first-order chi connectivity index (χ1) is 11.1. The van der Waals surface area contributed by atoms with E-state index in [1.54, 1.807) is 32.9 Å². The lowest BCUT2D eigenvalue weighted by atomic mass is 10.2. The van der Waals surface area contributed by atoms with Gasteiger partial charge in [0.05, 0.1) is 10.9 Å². The predicted molar refractivity (Wildman–Crippen MR) is 91.8 cm³/mol. The molecule has 0 aliphatic heterocycles. The molecule has 0 atom stereocenters. The molecule has 1 aliphatic carbocycles. The smallest absolute Gasteiger partial charge is 0.425 e. The van der Waals surface area contributed by atoms with E-state index in [1.807, 2.05) is 6.92 Å². The van der Waals surface area contributed by atoms with E-state index in [1.165, 1.54) is 12.1 Å². The van der Waals surface area contributed by atoms with Gasteiger partial charge < -0.3 is 4.74 Å². The Hall–Kier alpha value is -1.60. The van der Waals surface area contributed by atoms with Crippen LogP contribution in [0.1, 0.15) is 52.0 Å². The fraction of sp³-hybridized carbons (Fsp3) is 0.588. The van der Waals surface area contributed by atoms with Crippen LogP contribution in [0.15, 0.2) is 29.2 Å². The van der Waals surface area contributed by atoms with Crippen molar-refractivity contribution in [1.29, 1.82) is 0 Å². The third-order valence-electron chi connectivity index (χ3n) is 3.83. The number of nitrogens with one attached hydrogen (secondary N) is 1. The number of sulfonamides is 1. The molecule has 1 amide bonds. The molecular weight excluding hydrogens is 328 g/mol. The highest BCUT2D eigenvalue weighted by Gasteiger charge is 2.33. The molecule has 0 unspecified atom stereocenters. The zero-order chi connectivity index (χ0) is 18.0. The van der Waals surface area contributed by atoms with Crippen molar-refractivity contribution in [2.75, 3.05) is 0 Å². The molecule has 0 aromatic heterocycles. The van der Waals surface area contributed by atoms with E-state index in [-0.39, 0.29) is 10.9 Å². The Kier molecular flexibility index (Phi) is 5.55. The Bertz CT molecular complexity index is 672. The molecule has 1 aromatic rings. The molecule has 1 saturated carbocycles. The largest absolute Gasteiger partial charge is 0.443 e. The van der Waals surface area contributed by atoms with Gasteiger partial charge in [0, 0.05) is 0 Å². The molecule has 134 valence electrons. The van der Waals surface area contributed by atoms with Gasteiger partial charge in [0.1, 0.15) is 5.60 Å². The van der Waals surface area contributed by atoms with Gasteiger partial charge in [0.2, 0.25) is 0 Å². The number of benzene rings is 1. The first kappa shape index (κ1) is 18.7. The van der Waals surface area contributed by atoms with E-state index >= 15 is 0 Å². The fourth-order valence-corrected chi connectivity index (χ4v) is 3.72. The molecule has 1 fully saturated rings. The minimum atomic E-state index is -3.84. The lowest BCUT2D eigenvalue weighted by molar-refractivity contribution is 0.0106. The molecule has 1 N–H and O–H groups in total. The minimum Gasteiger partial charge on any atom is -0.443 e. The lowest BCUT2D eigenvalue weighted by Gasteiger charge is -2.31. The van der Waals surface area contributed by atoms with Gasteiger partial charge in [0.25, 0.3) is 10.0 Å². The van der Waals surface area contributed by atoms with Gasteiger partial charge in [-0.25, -0.2) is 18.2 Å². The van der Waals surface area contributed by atoms with Crippen molar-refractivity contribution in [2.45, 2.75) is 69.9 Å². The maximum absolute atomic E-state index is 12.6. The van der Waals surface area contributed by atoms with E-state index < -0.39 is 21.7 Å². The first-order valence-electron chi connectivity index (χ1n) is 8.20. The number of aryl methyl sites for hydroxylation is 1. The van der Waals surface area contributed by atoms with Crippen LogP contribution >= 0.6 is 0 Å². The van der Waals surface area contributed by atoms with Gasteiger partial charge in [-0.05, 0) is 52.7 Å². The van der Waals surface area contributed by atoms with Crippen LogP contribution in [0.2, 0.25) is 0 Å². The van der Waals surface area contributed by atoms with Crippen LogP contribution in [-0.4, -0.2) is 31.2 Å². The second-order valence-corrected chi connectivity index (χ2v) is 8.86. The number of carbonyl (C=O) groups is 1. The van der Waals surface area contributed by atoms with Crippen molar-refractivity contribution in [2.24, 2.45) is 0 Å². The van der Waals surface area contributed by atoms with Crippen molar-refractivity contribution in [3.8, 4) is 0 Å². The number of carbonyl (C=O) groups excluding carboxylic acids is 1. The summed E-state index contributed by atoms with van der Waals surface area (Å²) in [5.74, 6) is 0. The monoisotopic (exact) mass is 354 g/mol. The Morgan fingerprint density at radius 1 is 1.17 bits per heavy atom. The molecule has 0 radical (unpaired) electrons.